The quantitative estimate of drug-likeness (QED) is 0.746. The molecule has 1 N–H and O–H groups in total. The maximum atomic E-state index is 3.86. The van der Waals surface area contributed by atoms with Gasteiger partial charge in [-0.3, -0.25) is 4.90 Å². The zero-order chi connectivity index (χ0) is 15.3. The third-order valence-electron chi connectivity index (χ3n) is 6.04. The molecule has 2 saturated carbocycles. The summed E-state index contributed by atoms with van der Waals surface area (Å²) in [6.45, 7) is 8.36. The van der Waals surface area contributed by atoms with E-state index in [0.29, 0.717) is 5.41 Å². The van der Waals surface area contributed by atoms with E-state index >= 15 is 0 Å². The number of likely N-dealkylation sites (N-methyl/N-ethyl adjacent to an activating group) is 1. The Morgan fingerprint density at radius 2 is 1.67 bits per heavy atom. The van der Waals surface area contributed by atoms with Crippen LogP contribution in [0.3, 0.4) is 0 Å². The molecule has 0 aliphatic heterocycles. The molecular formula is C19H38N2. The molecule has 0 aromatic carbocycles. The largest absolute Gasteiger partial charge is 0.312 e. The van der Waals surface area contributed by atoms with Gasteiger partial charge in [0.05, 0.1) is 0 Å². The number of hydrogen-bond donors (Lipinski definition) is 1. The number of rotatable bonds is 5. The van der Waals surface area contributed by atoms with Crippen molar-refractivity contribution >= 4 is 0 Å². The molecule has 0 aromatic rings. The Morgan fingerprint density at radius 1 is 1.00 bits per heavy atom. The summed E-state index contributed by atoms with van der Waals surface area (Å²) < 4.78 is 0. The molecule has 124 valence electrons. The highest BCUT2D eigenvalue weighted by Crippen LogP contribution is 2.38. The van der Waals surface area contributed by atoms with Crippen molar-refractivity contribution in [2.24, 2.45) is 5.41 Å². The standard InChI is InChI=1S/C19H38N2/c1-5-15-20-17-9-7-6-8-10-18(17)21(4)16-11-13-19(2,3)14-12-16/h16-18,20H,5-15H2,1-4H3. The van der Waals surface area contributed by atoms with Crippen molar-refractivity contribution in [1.29, 1.82) is 0 Å². The molecule has 21 heavy (non-hydrogen) atoms. The minimum Gasteiger partial charge on any atom is -0.312 e. The third-order valence-corrected chi connectivity index (χ3v) is 6.04. The summed E-state index contributed by atoms with van der Waals surface area (Å²) in [6.07, 6.45) is 13.9. The molecule has 0 bridgehead atoms. The SMILES string of the molecule is CCCNC1CCCCCC1N(C)C1CCC(C)(C)CC1. The first-order chi connectivity index (χ1) is 10.0. The minimum absolute atomic E-state index is 0.584. The first-order valence-electron chi connectivity index (χ1n) is 9.49. The summed E-state index contributed by atoms with van der Waals surface area (Å²) in [4.78, 5) is 2.77. The molecule has 0 aromatic heterocycles. The van der Waals surface area contributed by atoms with Gasteiger partial charge in [-0.25, -0.2) is 0 Å². The van der Waals surface area contributed by atoms with Gasteiger partial charge in [0.1, 0.15) is 0 Å². The van der Waals surface area contributed by atoms with Crippen LogP contribution in [0.2, 0.25) is 0 Å². The van der Waals surface area contributed by atoms with Gasteiger partial charge in [-0.2, -0.15) is 0 Å². The fourth-order valence-electron chi connectivity index (χ4n) is 4.41. The molecule has 0 saturated heterocycles. The fourth-order valence-corrected chi connectivity index (χ4v) is 4.41. The van der Waals surface area contributed by atoms with Crippen molar-refractivity contribution in [3.8, 4) is 0 Å². The smallest absolute Gasteiger partial charge is 0.0249 e. The lowest BCUT2D eigenvalue weighted by molar-refractivity contribution is 0.0741. The average Bonchev–Trinajstić information content (AvgIpc) is 2.69. The second kappa shape index (κ2) is 7.97. The molecule has 2 heteroatoms. The molecule has 0 radical (unpaired) electrons. The van der Waals surface area contributed by atoms with Crippen LogP contribution >= 0.6 is 0 Å². The highest BCUT2D eigenvalue weighted by atomic mass is 15.2. The van der Waals surface area contributed by atoms with Crippen molar-refractivity contribution in [3.63, 3.8) is 0 Å². The Balaban J connectivity index is 1.95. The normalized spacial score (nSPS) is 31.3. The Kier molecular flexibility index (Phi) is 6.55. The lowest BCUT2D eigenvalue weighted by Crippen LogP contribution is -2.52. The molecule has 2 aliphatic carbocycles. The number of nitrogens with one attached hydrogen (secondary N) is 1. The van der Waals surface area contributed by atoms with Crippen LogP contribution in [0.5, 0.6) is 0 Å². The van der Waals surface area contributed by atoms with Crippen molar-refractivity contribution in [2.45, 2.75) is 103 Å². The molecule has 0 amide bonds. The van der Waals surface area contributed by atoms with Crippen LogP contribution in [0.15, 0.2) is 0 Å². The van der Waals surface area contributed by atoms with Gasteiger partial charge in [-0.1, -0.05) is 40.0 Å². The van der Waals surface area contributed by atoms with Crippen LogP contribution in [-0.4, -0.2) is 36.6 Å². The molecule has 2 atom stereocenters. The highest BCUT2D eigenvalue weighted by Gasteiger charge is 2.34. The van der Waals surface area contributed by atoms with E-state index in [1.54, 1.807) is 0 Å². The summed E-state index contributed by atoms with van der Waals surface area (Å²) in [5.74, 6) is 0. The van der Waals surface area contributed by atoms with Crippen LogP contribution in [0.4, 0.5) is 0 Å². The Bertz CT molecular complexity index is 290. The Hall–Kier alpha value is -0.0800. The second-order valence-electron chi connectivity index (χ2n) is 8.33. The lowest BCUT2D eigenvalue weighted by atomic mass is 9.75. The summed E-state index contributed by atoms with van der Waals surface area (Å²) in [7, 11) is 2.42. The van der Waals surface area contributed by atoms with E-state index < -0.39 is 0 Å². The van der Waals surface area contributed by atoms with E-state index in [1.165, 1.54) is 70.8 Å². The van der Waals surface area contributed by atoms with E-state index in [4.69, 9.17) is 0 Å². The molecule has 2 nitrogen and oxygen atoms in total. The highest BCUT2D eigenvalue weighted by molar-refractivity contribution is 4.91. The molecule has 2 fully saturated rings. The van der Waals surface area contributed by atoms with E-state index in [9.17, 15) is 0 Å². The van der Waals surface area contributed by atoms with E-state index in [0.717, 1.165) is 18.1 Å². The van der Waals surface area contributed by atoms with Crippen LogP contribution < -0.4 is 5.32 Å². The van der Waals surface area contributed by atoms with Crippen LogP contribution in [0, 0.1) is 5.41 Å². The number of nitrogens with zero attached hydrogens (tertiary/aromatic N) is 1. The fraction of sp³-hybridized carbons (Fsp3) is 1.00. The van der Waals surface area contributed by atoms with Gasteiger partial charge in [-0.05, 0) is 64.0 Å². The van der Waals surface area contributed by atoms with Gasteiger partial charge in [0, 0.05) is 18.1 Å². The van der Waals surface area contributed by atoms with Gasteiger partial charge in [0.2, 0.25) is 0 Å². The third kappa shape index (κ3) is 4.96. The molecule has 2 aliphatic rings. The Morgan fingerprint density at radius 3 is 2.33 bits per heavy atom. The van der Waals surface area contributed by atoms with Crippen LogP contribution in [0.25, 0.3) is 0 Å². The van der Waals surface area contributed by atoms with Gasteiger partial charge in [-0.15, -0.1) is 0 Å². The predicted molar refractivity (Wildman–Crippen MR) is 92.8 cm³/mol. The monoisotopic (exact) mass is 294 g/mol. The summed E-state index contributed by atoms with van der Waals surface area (Å²) in [6, 6.07) is 2.32. The molecule has 2 unspecified atom stereocenters. The summed E-state index contributed by atoms with van der Waals surface area (Å²) >= 11 is 0. The maximum absolute atomic E-state index is 3.86. The van der Waals surface area contributed by atoms with Gasteiger partial charge < -0.3 is 5.32 Å². The van der Waals surface area contributed by atoms with Crippen molar-refractivity contribution < 1.29 is 0 Å². The molecular weight excluding hydrogens is 256 g/mol. The predicted octanol–water partition coefficient (Wildman–Crippen LogP) is 4.59. The van der Waals surface area contributed by atoms with Crippen LogP contribution in [0.1, 0.15) is 85.0 Å². The molecule has 0 spiro atoms. The zero-order valence-electron chi connectivity index (χ0n) is 15.0. The van der Waals surface area contributed by atoms with Gasteiger partial charge in [0.25, 0.3) is 0 Å². The van der Waals surface area contributed by atoms with E-state index in [2.05, 4.69) is 38.0 Å². The van der Waals surface area contributed by atoms with E-state index in [1.807, 2.05) is 0 Å². The maximum Gasteiger partial charge on any atom is 0.0249 e. The van der Waals surface area contributed by atoms with Crippen molar-refractivity contribution in [2.75, 3.05) is 13.6 Å². The van der Waals surface area contributed by atoms with E-state index in [-0.39, 0.29) is 0 Å². The minimum atomic E-state index is 0.584. The second-order valence-corrected chi connectivity index (χ2v) is 8.33. The summed E-state index contributed by atoms with van der Waals surface area (Å²) in [5, 5.41) is 3.86. The topological polar surface area (TPSA) is 15.3 Å². The average molecular weight is 295 g/mol. The Labute approximate surface area is 133 Å². The van der Waals surface area contributed by atoms with Crippen molar-refractivity contribution in [1.82, 2.24) is 10.2 Å². The zero-order valence-corrected chi connectivity index (χ0v) is 15.0. The van der Waals surface area contributed by atoms with Gasteiger partial charge >= 0.3 is 0 Å². The lowest BCUT2D eigenvalue weighted by Gasteiger charge is -2.44. The van der Waals surface area contributed by atoms with Crippen LogP contribution in [-0.2, 0) is 0 Å². The first kappa shape index (κ1) is 17.3. The molecule has 2 rings (SSSR count). The summed E-state index contributed by atoms with van der Waals surface area (Å²) in [5.41, 5.74) is 0.584. The van der Waals surface area contributed by atoms with Gasteiger partial charge in [0.15, 0.2) is 0 Å². The molecule has 0 heterocycles. The first-order valence-corrected chi connectivity index (χ1v) is 9.49. The van der Waals surface area contributed by atoms with Crippen molar-refractivity contribution in [3.05, 3.63) is 0 Å². The number of hydrogen-bond acceptors (Lipinski definition) is 2.